The maximum Gasteiger partial charge on any atom is 0.267 e. The summed E-state index contributed by atoms with van der Waals surface area (Å²) in [5.41, 5.74) is 3.14. The first-order chi connectivity index (χ1) is 17.4. The molecule has 1 amide bonds. The van der Waals surface area contributed by atoms with E-state index >= 15 is 0 Å². The number of nitrogens with zero attached hydrogens (tertiary/aromatic N) is 2. The molecular formula is C28H23FN4O3. The van der Waals surface area contributed by atoms with E-state index in [9.17, 15) is 14.0 Å². The highest BCUT2D eigenvalue weighted by molar-refractivity contribution is 6.04. The lowest BCUT2D eigenvalue weighted by Gasteiger charge is -2.22. The van der Waals surface area contributed by atoms with E-state index in [1.807, 2.05) is 13.0 Å². The number of benzene rings is 2. The van der Waals surface area contributed by atoms with Crippen LogP contribution in [-0.2, 0) is 6.42 Å². The summed E-state index contributed by atoms with van der Waals surface area (Å²) >= 11 is 0. The number of halogens is 1. The normalized spacial score (nSPS) is 12.4. The SMILES string of the molecule is C=C1CCc2c(Oc3cc(NC(=O)c4cccn(-c5ccc(F)cc5)c4=O)ccc3C)ccnc2N1. The predicted molar refractivity (Wildman–Crippen MR) is 137 cm³/mol. The molecule has 4 aromatic rings. The summed E-state index contributed by atoms with van der Waals surface area (Å²) in [5, 5.41) is 5.97. The highest BCUT2D eigenvalue weighted by Crippen LogP contribution is 2.36. The molecular weight excluding hydrogens is 459 g/mol. The lowest BCUT2D eigenvalue weighted by molar-refractivity contribution is 0.102. The van der Waals surface area contributed by atoms with Gasteiger partial charge in [0.1, 0.15) is 28.7 Å². The van der Waals surface area contributed by atoms with Gasteiger partial charge >= 0.3 is 0 Å². The number of amides is 1. The van der Waals surface area contributed by atoms with Crippen LogP contribution in [0, 0.1) is 12.7 Å². The van der Waals surface area contributed by atoms with Gasteiger partial charge in [0.15, 0.2) is 0 Å². The minimum Gasteiger partial charge on any atom is -0.457 e. The number of fused-ring (bicyclic) bond motifs is 1. The van der Waals surface area contributed by atoms with Crippen LogP contribution in [0.3, 0.4) is 0 Å². The molecule has 0 bridgehead atoms. The Kier molecular flexibility index (Phi) is 6.08. The summed E-state index contributed by atoms with van der Waals surface area (Å²) < 4.78 is 20.8. The summed E-state index contributed by atoms with van der Waals surface area (Å²) in [5.74, 6) is 1.01. The van der Waals surface area contributed by atoms with Crippen molar-refractivity contribution in [2.24, 2.45) is 0 Å². The Balaban J connectivity index is 1.39. The van der Waals surface area contributed by atoms with Gasteiger partial charge in [-0.1, -0.05) is 12.6 Å². The van der Waals surface area contributed by atoms with Gasteiger partial charge in [0, 0.05) is 41.1 Å². The Bertz CT molecular complexity index is 1540. The van der Waals surface area contributed by atoms with E-state index in [-0.39, 0.29) is 5.56 Å². The standard InChI is InChI=1S/C28H23FN4O3/c1-17-5-9-20(16-25(17)36-24-13-14-30-26-22(24)12-6-18(2)31-26)32-27(34)23-4-3-15-33(28(23)35)21-10-7-19(29)8-11-21/h3-5,7-11,13-16H,2,6,12H2,1H3,(H,30,31)(H,32,34). The zero-order valence-corrected chi connectivity index (χ0v) is 19.5. The minimum atomic E-state index is -0.560. The smallest absolute Gasteiger partial charge is 0.267 e. The van der Waals surface area contributed by atoms with Crippen LogP contribution in [-0.4, -0.2) is 15.5 Å². The molecule has 3 heterocycles. The van der Waals surface area contributed by atoms with Gasteiger partial charge in [0.25, 0.3) is 11.5 Å². The Morgan fingerprint density at radius 3 is 2.72 bits per heavy atom. The molecule has 2 aromatic carbocycles. The van der Waals surface area contributed by atoms with Gasteiger partial charge in [-0.3, -0.25) is 14.2 Å². The number of hydrogen-bond donors (Lipinski definition) is 2. The number of allylic oxidation sites excluding steroid dienone is 1. The number of anilines is 2. The third-order valence-corrected chi connectivity index (χ3v) is 5.95. The fourth-order valence-electron chi connectivity index (χ4n) is 4.00. The number of aromatic nitrogens is 2. The zero-order chi connectivity index (χ0) is 25.2. The van der Waals surface area contributed by atoms with E-state index in [4.69, 9.17) is 4.74 Å². The second-order valence-corrected chi connectivity index (χ2v) is 8.47. The summed E-state index contributed by atoms with van der Waals surface area (Å²) in [6.07, 6.45) is 4.75. The monoisotopic (exact) mass is 482 g/mol. The largest absolute Gasteiger partial charge is 0.457 e. The Morgan fingerprint density at radius 1 is 1.11 bits per heavy atom. The van der Waals surface area contributed by atoms with Gasteiger partial charge in [0.05, 0.1) is 0 Å². The topological polar surface area (TPSA) is 85.2 Å². The molecule has 36 heavy (non-hydrogen) atoms. The van der Waals surface area contributed by atoms with Crippen LogP contribution in [0.15, 0.2) is 90.1 Å². The molecule has 1 aliphatic heterocycles. The maximum absolute atomic E-state index is 13.3. The molecule has 0 atom stereocenters. The van der Waals surface area contributed by atoms with Gasteiger partial charge in [-0.15, -0.1) is 0 Å². The summed E-state index contributed by atoms with van der Waals surface area (Å²) in [4.78, 5) is 30.3. The van der Waals surface area contributed by atoms with Crippen molar-refractivity contribution in [1.29, 1.82) is 0 Å². The Hall–Kier alpha value is -4.72. The molecule has 1 aliphatic rings. The van der Waals surface area contributed by atoms with Crippen molar-refractivity contribution in [3.05, 3.63) is 118 Å². The summed E-state index contributed by atoms with van der Waals surface area (Å²) in [7, 11) is 0. The van der Waals surface area contributed by atoms with E-state index in [1.54, 1.807) is 30.5 Å². The van der Waals surface area contributed by atoms with Crippen molar-refractivity contribution >= 4 is 17.4 Å². The molecule has 0 saturated carbocycles. The predicted octanol–water partition coefficient (Wildman–Crippen LogP) is 5.60. The first-order valence-corrected chi connectivity index (χ1v) is 11.4. The maximum atomic E-state index is 13.3. The van der Waals surface area contributed by atoms with Crippen molar-refractivity contribution in [3.8, 4) is 17.2 Å². The number of hydrogen-bond acceptors (Lipinski definition) is 5. The molecule has 0 radical (unpaired) electrons. The fourth-order valence-corrected chi connectivity index (χ4v) is 4.00. The first-order valence-electron chi connectivity index (χ1n) is 11.4. The number of nitrogens with one attached hydrogen (secondary N) is 2. The molecule has 7 nitrogen and oxygen atoms in total. The van der Waals surface area contributed by atoms with Crippen LogP contribution < -0.4 is 20.9 Å². The molecule has 180 valence electrons. The van der Waals surface area contributed by atoms with Gasteiger partial charge in [-0.2, -0.15) is 0 Å². The van der Waals surface area contributed by atoms with Crippen LogP contribution in [0.1, 0.15) is 27.9 Å². The average molecular weight is 483 g/mol. The van der Waals surface area contributed by atoms with Crippen molar-refractivity contribution in [1.82, 2.24) is 9.55 Å². The lowest BCUT2D eigenvalue weighted by atomic mass is 10.0. The van der Waals surface area contributed by atoms with Crippen LogP contribution in [0.2, 0.25) is 0 Å². The third-order valence-electron chi connectivity index (χ3n) is 5.95. The van der Waals surface area contributed by atoms with E-state index in [2.05, 4.69) is 22.2 Å². The van der Waals surface area contributed by atoms with E-state index in [0.29, 0.717) is 22.9 Å². The molecule has 0 spiro atoms. The molecule has 8 heteroatoms. The van der Waals surface area contributed by atoms with Crippen molar-refractivity contribution in [2.45, 2.75) is 19.8 Å². The number of ether oxygens (including phenoxy) is 1. The number of carbonyl (C=O) groups excluding carboxylic acids is 1. The van der Waals surface area contributed by atoms with Crippen LogP contribution in [0.4, 0.5) is 15.9 Å². The van der Waals surface area contributed by atoms with Crippen LogP contribution in [0.5, 0.6) is 11.5 Å². The Labute approximate surface area is 206 Å². The number of rotatable bonds is 5. The van der Waals surface area contributed by atoms with E-state index in [1.165, 1.54) is 41.1 Å². The fraction of sp³-hybridized carbons (Fsp3) is 0.107. The van der Waals surface area contributed by atoms with Crippen LogP contribution in [0.25, 0.3) is 5.69 Å². The molecule has 0 saturated heterocycles. The van der Waals surface area contributed by atoms with Crippen LogP contribution >= 0.6 is 0 Å². The minimum absolute atomic E-state index is 0.0422. The number of pyridine rings is 2. The van der Waals surface area contributed by atoms with Gasteiger partial charge in [0.2, 0.25) is 0 Å². The van der Waals surface area contributed by atoms with Gasteiger partial charge in [-0.05, 0) is 73.9 Å². The number of carbonyl (C=O) groups is 1. The molecule has 2 aromatic heterocycles. The van der Waals surface area contributed by atoms with Crippen molar-refractivity contribution < 1.29 is 13.9 Å². The first kappa shape index (κ1) is 23.0. The molecule has 0 aliphatic carbocycles. The summed E-state index contributed by atoms with van der Waals surface area (Å²) in [6.45, 7) is 5.88. The second kappa shape index (κ2) is 9.50. The number of aryl methyl sites for hydroxylation is 1. The summed E-state index contributed by atoms with van der Waals surface area (Å²) in [6, 6.07) is 15.6. The third kappa shape index (κ3) is 4.61. The second-order valence-electron chi connectivity index (χ2n) is 8.47. The lowest BCUT2D eigenvalue weighted by Crippen LogP contribution is -2.27. The van der Waals surface area contributed by atoms with Gasteiger partial charge < -0.3 is 15.4 Å². The van der Waals surface area contributed by atoms with E-state index in [0.717, 1.165) is 35.5 Å². The highest BCUT2D eigenvalue weighted by atomic mass is 19.1. The van der Waals surface area contributed by atoms with Crippen molar-refractivity contribution in [2.75, 3.05) is 10.6 Å². The van der Waals surface area contributed by atoms with Gasteiger partial charge in [-0.25, -0.2) is 9.37 Å². The average Bonchev–Trinajstić information content (AvgIpc) is 2.86. The molecule has 2 N–H and O–H groups in total. The quantitative estimate of drug-likeness (QED) is 0.387. The van der Waals surface area contributed by atoms with E-state index < -0.39 is 17.3 Å². The Morgan fingerprint density at radius 2 is 1.92 bits per heavy atom. The zero-order valence-electron chi connectivity index (χ0n) is 19.5. The van der Waals surface area contributed by atoms with Crippen molar-refractivity contribution in [3.63, 3.8) is 0 Å². The molecule has 0 unspecified atom stereocenters. The molecule has 5 rings (SSSR count). The molecule has 0 fully saturated rings. The highest BCUT2D eigenvalue weighted by Gasteiger charge is 2.19.